The molecular formula is C16H27N3O2. The molecule has 0 aliphatic carbocycles. The fraction of sp³-hybridized carbons (Fsp3) is 0.875. The predicted octanol–water partition coefficient (Wildman–Crippen LogP) is 0.847. The number of piperidine rings is 2. The maximum atomic E-state index is 12.4. The van der Waals surface area contributed by atoms with Gasteiger partial charge in [-0.25, -0.2) is 0 Å². The molecule has 0 aromatic carbocycles. The van der Waals surface area contributed by atoms with Crippen LogP contribution in [0.5, 0.6) is 0 Å². The highest BCUT2D eigenvalue weighted by molar-refractivity contribution is 5.79. The van der Waals surface area contributed by atoms with Crippen LogP contribution in [0.3, 0.4) is 0 Å². The van der Waals surface area contributed by atoms with E-state index in [2.05, 4.69) is 5.32 Å². The Labute approximate surface area is 127 Å². The Morgan fingerprint density at radius 1 is 1.14 bits per heavy atom. The van der Waals surface area contributed by atoms with Gasteiger partial charge in [-0.3, -0.25) is 9.59 Å². The zero-order valence-electron chi connectivity index (χ0n) is 12.9. The van der Waals surface area contributed by atoms with E-state index in [9.17, 15) is 9.59 Å². The van der Waals surface area contributed by atoms with E-state index in [1.54, 1.807) is 0 Å². The SMILES string of the molecule is O=C1CCCCN1CC1CCN(C(=O)C2CCNC2)CC1. The molecule has 1 N–H and O–H groups in total. The van der Waals surface area contributed by atoms with Crippen LogP contribution in [0.4, 0.5) is 0 Å². The average molecular weight is 293 g/mol. The second-order valence-corrected chi connectivity index (χ2v) is 6.76. The first-order chi connectivity index (χ1) is 10.2. The molecule has 3 aliphatic heterocycles. The monoisotopic (exact) mass is 293 g/mol. The molecule has 2 amide bonds. The van der Waals surface area contributed by atoms with Crippen LogP contribution >= 0.6 is 0 Å². The second kappa shape index (κ2) is 6.77. The second-order valence-electron chi connectivity index (χ2n) is 6.76. The molecule has 5 nitrogen and oxygen atoms in total. The van der Waals surface area contributed by atoms with Crippen molar-refractivity contribution in [1.29, 1.82) is 0 Å². The van der Waals surface area contributed by atoms with Crippen molar-refractivity contribution < 1.29 is 9.59 Å². The number of hydrogen-bond donors (Lipinski definition) is 1. The van der Waals surface area contributed by atoms with Gasteiger partial charge in [0.25, 0.3) is 0 Å². The summed E-state index contributed by atoms with van der Waals surface area (Å²) in [7, 11) is 0. The van der Waals surface area contributed by atoms with Crippen LogP contribution in [0.25, 0.3) is 0 Å². The molecule has 0 aromatic rings. The van der Waals surface area contributed by atoms with E-state index in [-0.39, 0.29) is 5.92 Å². The van der Waals surface area contributed by atoms with Crippen LogP contribution in [0.1, 0.15) is 38.5 Å². The number of likely N-dealkylation sites (tertiary alicyclic amines) is 2. The Kier molecular flexibility index (Phi) is 4.78. The van der Waals surface area contributed by atoms with Gasteiger partial charge in [0.05, 0.1) is 5.92 Å². The third-order valence-corrected chi connectivity index (χ3v) is 5.24. The van der Waals surface area contributed by atoms with Gasteiger partial charge in [-0.2, -0.15) is 0 Å². The Balaban J connectivity index is 1.44. The summed E-state index contributed by atoms with van der Waals surface area (Å²) >= 11 is 0. The molecular weight excluding hydrogens is 266 g/mol. The molecule has 0 aromatic heterocycles. The summed E-state index contributed by atoms with van der Waals surface area (Å²) in [6.07, 6.45) is 6.02. The quantitative estimate of drug-likeness (QED) is 0.839. The van der Waals surface area contributed by atoms with Crippen molar-refractivity contribution in [2.45, 2.75) is 38.5 Å². The number of nitrogens with one attached hydrogen (secondary N) is 1. The van der Waals surface area contributed by atoms with E-state index in [1.165, 1.54) is 0 Å². The predicted molar refractivity (Wildman–Crippen MR) is 80.7 cm³/mol. The molecule has 3 heterocycles. The summed E-state index contributed by atoms with van der Waals surface area (Å²) in [6.45, 7) is 5.42. The summed E-state index contributed by atoms with van der Waals surface area (Å²) in [5.74, 6) is 1.45. The lowest BCUT2D eigenvalue weighted by molar-refractivity contribution is -0.138. The van der Waals surface area contributed by atoms with Crippen molar-refractivity contribution in [1.82, 2.24) is 15.1 Å². The number of amides is 2. The number of nitrogens with zero attached hydrogens (tertiary/aromatic N) is 2. The third kappa shape index (κ3) is 3.57. The minimum atomic E-state index is 0.199. The number of carbonyl (C=O) groups excluding carboxylic acids is 2. The molecule has 0 bridgehead atoms. The van der Waals surface area contributed by atoms with Gasteiger partial charge in [0, 0.05) is 39.1 Å². The molecule has 0 radical (unpaired) electrons. The zero-order chi connectivity index (χ0) is 14.7. The normalized spacial score (nSPS) is 28.2. The third-order valence-electron chi connectivity index (χ3n) is 5.24. The van der Waals surface area contributed by atoms with Crippen molar-refractivity contribution in [3.8, 4) is 0 Å². The maximum Gasteiger partial charge on any atom is 0.227 e. The smallest absolute Gasteiger partial charge is 0.227 e. The minimum Gasteiger partial charge on any atom is -0.342 e. The Morgan fingerprint density at radius 3 is 2.62 bits per heavy atom. The van der Waals surface area contributed by atoms with Gasteiger partial charge in [0.2, 0.25) is 11.8 Å². The van der Waals surface area contributed by atoms with Gasteiger partial charge in [-0.05, 0) is 44.6 Å². The zero-order valence-corrected chi connectivity index (χ0v) is 12.9. The van der Waals surface area contributed by atoms with Gasteiger partial charge < -0.3 is 15.1 Å². The Morgan fingerprint density at radius 2 is 1.95 bits per heavy atom. The molecule has 5 heteroatoms. The fourth-order valence-electron chi connectivity index (χ4n) is 3.83. The van der Waals surface area contributed by atoms with E-state index >= 15 is 0 Å². The van der Waals surface area contributed by atoms with Crippen molar-refractivity contribution in [2.24, 2.45) is 11.8 Å². The van der Waals surface area contributed by atoms with Crippen LogP contribution < -0.4 is 5.32 Å². The van der Waals surface area contributed by atoms with Crippen LogP contribution in [-0.2, 0) is 9.59 Å². The van der Waals surface area contributed by atoms with E-state index < -0.39 is 0 Å². The molecule has 0 spiro atoms. The lowest BCUT2D eigenvalue weighted by atomic mass is 9.94. The highest BCUT2D eigenvalue weighted by Gasteiger charge is 2.31. The molecule has 1 atom stereocenters. The Hall–Kier alpha value is -1.10. The van der Waals surface area contributed by atoms with Crippen molar-refractivity contribution in [3.63, 3.8) is 0 Å². The largest absolute Gasteiger partial charge is 0.342 e. The topological polar surface area (TPSA) is 52.7 Å². The lowest BCUT2D eigenvalue weighted by Gasteiger charge is -2.37. The summed E-state index contributed by atoms with van der Waals surface area (Å²) in [6, 6.07) is 0. The molecule has 3 rings (SSSR count). The van der Waals surface area contributed by atoms with E-state index in [4.69, 9.17) is 0 Å². The molecule has 0 saturated carbocycles. The van der Waals surface area contributed by atoms with Gasteiger partial charge in [0.1, 0.15) is 0 Å². The minimum absolute atomic E-state index is 0.199. The number of carbonyl (C=O) groups is 2. The van der Waals surface area contributed by atoms with E-state index in [1.807, 2.05) is 9.80 Å². The molecule has 1 unspecified atom stereocenters. The summed E-state index contributed by atoms with van der Waals surface area (Å²) in [5.41, 5.74) is 0. The number of hydrogen-bond acceptors (Lipinski definition) is 3. The summed E-state index contributed by atoms with van der Waals surface area (Å²) in [4.78, 5) is 28.3. The van der Waals surface area contributed by atoms with E-state index in [0.29, 0.717) is 17.7 Å². The van der Waals surface area contributed by atoms with Gasteiger partial charge >= 0.3 is 0 Å². The standard InChI is InChI=1S/C16H27N3O2/c20-15-3-1-2-8-19(15)12-13-5-9-18(10-6-13)16(21)14-4-7-17-11-14/h13-14,17H,1-12H2. The van der Waals surface area contributed by atoms with E-state index in [0.717, 1.165) is 77.8 Å². The van der Waals surface area contributed by atoms with Gasteiger partial charge in [-0.1, -0.05) is 0 Å². The fourth-order valence-corrected chi connectivity index (χ4v) is 3.83. The first-order valence-electron chi connectivity index (χ1n) is 8.51. The average Bonchev–Trinajstić information content (AvgIpc) is 3.04. The molecule has 3 saturated heterocycles. The molecule has 21 heavy (non-hydrogen) atoms. The summed E-state index contributed by atoms with van der Waals surface area (Å²) in [5, 5.41) is 3.27. The van der Waals surface area contributed by atoms with Crippen molar-refractivity contribution in [2.75, 3.05) is 39.3 Å². The highest BCUT2D eigenvalue weighted by atomic mass is 16.2. The first kappa shape index (κ1) is 14.8. The molecule has 3 aliphatic rings. The van der Waals surface area contributed by atoms with Crippen LogP contribution in [-0.4, -0.2) is 60.9 Å². The number of rotatable bonds is 3. The maximum absolute atomic E-state index is 12.4. The van der Waals surface area contributed by atoms with Crippen LogP contribution in [0.2, 0.25) is 0 Å². The Bertz CT molecular complexity index is 385. The molecule has 118 valence electrons. The van der Waals surface area contributed by atoms with Gasteiger partial charge in [0.15, 0.2) is 0 Å². The van der Waals surface area contributed by atoms with Crippen molar-refractivity contribution in [3.05, 3.63) is 0 Å². The lowest BCUT2D eigenvalue weighted by Crippen LogP contribution is -2.45. The van der Waals surface area contributed by atoms with Crippen LogP contribution in [0, 0.1) is 11.8 Å². The van der Waals surface area contributed by atoms with Crippen molar-refractivity contribution >= 4 is 11.8 Å². The van der Waals surface area contributed by atoms with Gasteiger partial charge in [-0.15, -0.1) is 0 Å². The summed E-state index contributed by atoms with van der Waals surface area (Å²) < 4.78 is 0. The first-order valence-corrected chi connectivity index (χ1v) is 8.51. The molecule has 3 fully saturated rings. The van der Waals surface area contributed by atoms with Crippen LogP contribution in [0.15, 0.2) is 0 Å². The highest BCUT2D eigenvalue weighted by Crippen LogP contribution is 2.23.